The first-order chi connectivity index (χ1) is 10.5. The second-order valence-electron chi connectivity index (χ2n) is 4.83. The number of benzene rings is 2. The maximum absolute atomic E-state index is 12.0. The van der Waals surface area contributed by atoms with Crippen LogP contribution < -0.4 is 15.8 Å². The second kappa shape index (κ2) is 6.95. The topological polar surface area (TPSA) is 61.4 Å². The van der Waals surface area contributed by atoms with Gasteiger partial charge in [-0.15, -0.1) is 0 Å². The summed E-state index contributed by atoms with van der Waals surface area (Å²) in [5, 5.41) is 0.324. The number of rotatable bonds is 3. The Morgan fingerprint density at radius 1 is 0.909 bits per heavy atom. The number of carbonyl (C=O) groups excluding carboxylic acids is 2. The number of hydrazine groups is 1. The molecule has 0 saturated carbocycles. The molecule has 0 atom stereocenters. The molecule has 0 fully saturated rings. The third kappa shape index (κ3) is 3.77. The molecular weight excluding hydrogens is 302 g/mol. The largest absolute Gasteiger partial charge is 0.378 e. The normalized spacial score (nSPS) is 9.95. The molecular formula is C16H16ClN3O2. The van der Waals surface area contributed by atoms with E-state index in [4.69, 9.17) is 11.6 Å². The smallest absolute Gasteiger partial charge is 0.271 e. The third-order valence-corrected chi connectivity index (χ3v) is 3.38. The fraction of sp³-hybridized carbons (Fsp3) is 0.125. The quantitative estimate of drug-likeness (QED) is 0.855. The molecule has 0 aliphatic rings. The number of amides is 2. The van der Waals surface area contributed by atoms with Gasteiger partial charge < -0.3 is 4.90 Å². The van der Waals surface area contributed by atoms with Crippen LogP contribution in [0.4, 0.5) is 5.69 Å². The first-order valence-corrected chi connectivity index (χ1v) is 6.99. The lowest BCUT2D eigenvalue weighted by Gasteiger charge is -2.13. The van der Waals surface area contributed by atoms with Crippen molar-refractivity contribution in [2.75, 3.05) is 19.0 Å². The van der Waals surface area contributed by atoms with Gasteiger partial charge in [-0.25, -0.2) is 0 Å². The Morgan fingerprint density at radius 3 is 2.09 bits per heavy atom. The summed E-state index contributed by atoms with van der Waals surface area (Å²) in [4.78, 5) is 25.8. The Labute approximate surface area is 133 Å². The Bertz CT molecular complexity index is 684. The van der Waals surface area contributed by atoms with E-state index in [0.717, 1.165) is 5.69 Å². The SMILES string of the molecule is CN(C)c1ccc(C(=O)NNC(=O)c2ccccc2Cl)cc1. The first kappa shape index (κ1) is 15.9. The van der Waals surface area contributed by atoms with Crippen LogP contribution in [0.2, 0.25) is 5.02 Å². The van der Waals surface area contributed by atoms with Crippen molar-refractivity contribution in [3.05, 3.63) is 64.7 Å². The van der Waals surface area contributed by atoms with Crippen LogP contribution in [0.5, 0.6) is 0 Å². The molecule has 0 heterocycles. The van der Waals surface area contributed by atoms with Crippen LogP contribution in [0, 0.1) is 0 Å². The number of anilines is 1. The highest BCUT2D eigenvalue weighted by Crippen LogP contribution is 2.14. The average molecular weight is 318 g/mol. The van der Waals surface area contributed by atoms with E-state index in [1.807, 2.05) is 31.1 Å². The van der Waals surface area contributed by atoms with Gasteiger partial charge in [0, 0.05) is 25.3 Å². The van der Waals surface area contributed by atoms with E-state index in [0.29, 0.717) is 16.1 Å². The summed E-state index contributed by atoms with van der Waals surface area (Å²) in [5.74, 6) is -0.866. The number of hydrogen-bond donors (Lipinski definition) is 2. The van der Waals surface area contributed by atoms with Gasteiger partial charge in [0.05, 0.1) is 10.6 Å². The van der Waals surface area contributed by atoms with E-state index in [9.17, 15) is 9.59 Å². The second-order valence-corrected chi connectivity index (χ2v) is 5.24. The van der Waals surface area contributed by atoms with Gasteiger partial charge in [-0.3, -0.25) is 20.4 Å². The first-order valence-electron chi connectivity index (χ1n) is 6.61. The van der Waals surface area contributed by atoms with Gasteiger partial charge in [0.1, 0.15) is 0 Å². The molecule has 22 heavy (non-hydrogen) atoms. The van der Waals surface area contributed by atoms with Gasteiger partial charge in [-0.2, -0.15) is 0 Å². The molecule has 0 spiro atoms. The average Bonchev–Trinajstić information content (AvgIpc) is 2.52. The molecule has 2 amide bonds. The molecule has 0 radical (unpaired) electrons. The van der Waals surface area contributed by atoms with E-state index in [-0.39, 0.29) is 0 Å². The van der Waals surface area contributed by atoms with Crippen LogP contribution in [0.25, 0.3) is 0 Å². The van der Waals surface area contributed by atoms with Crippen LogP contribution in [-0.4, -0.2) is 25.9 Å². The standard InChI is InChI=1S/C16H16ClN3O2/c1-20(2)12-9-7-11(8-10-12)15(21)18-19-16(22)13-5-3-4-6-14(13)17/h3-10H,1-2H3,(H,18,21)(H,19,22). The number of hydrogen-bond acceptors (Lipinski definition) is 3. The van der Waals surface area contributed by atoms with Crippen LogP contribution in [0.1, 0.15) is 20.7 Å². The summed E-state index contributed by atoms with van der Waals surface area (Å²) in [7, 11) is 3.83. The van der Waals surface area contributed by atoms with E-state index in [1.165, 1.54) is 0 Å². The summed E-state index contributed by atoms with van der Waals surface area (Å²) in [6.07, 6.45) is 0. The minimum Gasteiger partial charge on any atom is -0.378 e. The van der Waals surface area contributed by atoms with E-state index < -0.39 is 11.8 Å². The summed E-state index contributed by atoms with van der Waals surface area (Å²) < 4.78 is 0. The molecule has 114 valence electrons. The Hall–Kier alpha value is -2.53. The Kier molecular flexibility index (Phi) is 5.01. The van der Waals surface area contributed by atoms with Gasteiger partial charge in [-0.1, -0.05) is 23.7 Å². The van der Waals surface area contributed by atoms with Crippen LogP contribution in [0.3, 0.4) is 0 Å². The molecule has 5 nitrogen and oxygen atoms in total. The molecule has 0 bridgehead atoms. The monoisotopic (exact) mass is 317 g/mol. The predicted octanol–water partition coefficient (Wildman–Crippen LogP) is 2.48. The van der Waals surface area contributed by atoms with E-state index >= 15 is 0 Å². The Balaban J connectivity index is 1.98. The molecule has 0 aliphatic heterocycles. The highest BCUT2D eigenvalue weighted by molar-refractivity contribution is 6.33. The highest BCUT2D eigenvalue weighted by Gasteiger charge is 2.11. The van der Waals surface area contributed by atoms with Crippen molar-refractivity contribution >= 4 is 29.1 Å². The molecule has 2 aromatic rings. The number of nitrogens with zero attached hydrogens (tertiary/aromatic N) is 1. The fourth-order valence-electron chi connectivity index (χ4n) is 1.81. The molecule has 2 rings (SSSR count). The van der Waals surface area contributed by atoms with Gasteiger partial charge >= 0.3 is 0 Å². The van der Waals surface area contributed by atoms with Crippen LogP contribution in [-0.2, 0) is 0 Å². The van der Waals surface area contributed by atoms with Gasteiger partial charge in [0.2, 0.25) is 0 Å². The van der Waals surface area contributed by atoms with Crippen molar-refractivity contribution in [2.24, 2.45) is 0 Å². The van der Waals surface area contributed by atoms with Gasteiger partial charge in [0.25, 0.3) is 11.8 Å². The molecule has 6 heteroatoms. The van der Waals surface area contributed by atoms with Crippen molar-refractivity contribution in [1.82, 2.24) is 10.9 Å². The van der Waals surface area contributed by atoms with Crippen molar-refractivity contribution < 1.29 is 9.59 Å². The summed E-state index contributed by atoms with van der Waals surface area (Å²) in [6.45, 7) is 0. The zero-order valence-corrected chi connectivity index (χ0v) is 13.0. The number of nitrogens with one attached hydrogen (secondary N) is 2. The van der Waals surface area contributed by atoms with Gasteiger partial charge in [0.15, 0.2) is 0 Å². The molecule has 2 N–H and O–H groups in total. The third-order valence-electron chi connectivity index (χ3n) is 3.05. The lowest BCUT2D eigenvalue weighted by atomic mass is 10.2. The van der Waals surface area contributed by atoms with Crippen molar-refractivity contribution in [3.8, 4) is 0 Å². The van der Waals surface area contributed by atoms with Crippen molar-refractivity contribution in [2.45, 2.75) is 0 Å². The van der Waals surface area contributed by atoms with Gasteiger partial charge in [-0.05, 0) is 36.4 Å². The van der Waals surface area contributed by atoms with Crippen LogP contribution in [0.15, 0.2) is 48.5 Å². The summed E-state index contributed by atoms with van der Waals surface area (Å²) >= 11 is 5.92. The summed E-state index contributed by atoms with van der Waals surface area (Å²) in [6, 6.07) is 13.6. The molecule has 0 aromatic heterocycles. The lowest BCUT2D eigenvalue weighted by molar-refractivity contribution is 0.0847. The molecule has 0 unspecified atom stereocenters. The Morgan fingerprint density at radius 2 is 1.50 bits per heavy atom. The van der Waals surface area contributed by atoms with Crippen LogP contribution >= 0.6 is 11.6 Å². The zero-order valence-electron chi connectivity index (χ0n) is 12.3. The zero-order chi connectivity index (χ0) is 16.1. The predicted molar refractivity (Wildman–Crippen MR) is 87.2 cm³/mol. The molecule has 0 aliphatic carbocycles. The highest BCUT2D eigenvalue weighted by atomic mass is 35.5. The minimum absolute atomic E-state index is 0.299. The van der Waals surface area contributed by atoms with Crippen molar-refractivity contribution in [3.63, 3.8) is 0 Å². The number of carbonyl (C=O) groups is 2. The molecule has 0 saturated heterocycles. The maximum Gasteiger partial charge on any atom is 0.271 e. The maximum atomic E-state index is 12.0. The van der Waals surface area contributed by atoms with Crippen molar-refractivity contribution in [1.29, 1.82) is 0 Å². The van der Waals surface area contributed by atoms with E-state index in [2.05, 4.69) is 10.9 Å². The fourth-order valence-corrected chi connectivity index (χ4v) is 2.03. The lowest BCUT2D eigenvalue weighted by Crippen LogP contribution is -2.41. The minimum atomic E-state index is -0.469. The number of halogens is 1. The summed E-state index contributed by atoms with van der Waals surface area (Å²) in [5.41, 5.74) is 6.44. The van der Waals surface area contributed by atoms with E-state index in [1.54, 1.807) is 36.4 Å². The molecule has 2 aromatic carbocycles.